The van der Waals surface area contributed by atoms with Crippen LogP contribution in [0.3, 0.4) is 0 Å². The Labute approximate surface area is 119 Å². The minimum atomic E-state index is -0.615. The summed E-state index contributed by atoms with van der Waals surface area (Å²) in [7, 11) is 0. The van der Waals surface area contributed by atoms with Crippen LogP contribution in [0.4, 0.5) is 8.78 Å². The van der Waals surface area contributed by atoms with Crippen LogP contribution in [0.1, 0.15) is 15.9 Å². The summed E-state index contributed by atoms with van der Waals surface area (Å²) >= 11 is 4.98. The van der Waals surface area contributed by atoms with Gasteiger partial charge in [0.2, 0.25) is 0 Å². The van der Waals surface area contributed by atoms with E-state index in [0.29, 0.717) is 10.2 Å². The zero-order chi connectivity index (χ0) is 14.5. The Morgan fingerprint density at radius 2 is 1.90 bits per heavy atom. The molecule has 20 heavy (non-hydrogen) atoms. The third-order valence-electron chi connectivity index (χ3n) is 2.79. The number of rotatable bonds is 4. The van der Waals surface area contributed by atoms with Gasteiger partial charge in [-0.1, -0.05) is 18.3 Å². The molecule has 0 aliphatic rings. The van der Waals surface area contributed by atoms with Crippen molar-refractivity contribution in [1.29, 1.82) is 0 Å². The maximum absolute atomic E-state index is 13.4. The molecule has 0 bridgehead atoms. The topological polar surface area (TPSA) is 44.9 Å². The quantitative estimate of drug-likeness (QED) is 0.851. The standard InChI is InChI=1S/C14H12F2N2OS/c15-11-4-1-5-12(16)9(11)6-8-17-13(19)10-3-2-7-18-14(10)20/h1-5,7H,6,8H2,(H,17,19)(H,18,20). The molecule has 104 valence electrons. The van der Waals surface area contributed by atoms with Crippen LogP contribution in [0, 0.1) is 16.3 Å². The third-order valence-corrected chi connectivity index (χ3v) is 3.12. The predicted octanol–water partition coefficient (Wildman–Crippen LogP) is 2.99. The average Bonchev–Trinajstić information content (AvgIpc) is 2.42. The van der Waals surface area contributed by atoms with E-state index < -0.39 is 11.6 Å². The Morgan fingerprint density at radius 3 is 2.55 bits per heavy atom. The van der Waals surface area contributed by atoms with Crippen LogP contribution in [0.5, 0.6) is 0 Å². The van der Waals surface area contributed by atoms with Crippen LogP contribution in [0.2, 0.25) is 0 Å². The highest BCUT2D eigenvalue weighted by atomic mass is 32.1. The number of hydrogen-bond acceptors (Lipinski definition) is 2. The lowest BCUT2D eigenvalue weighted by molar-refractivity contribution is 0.0953. The molecule has 2 N–H and O–H groups in total. The van der Waals surface area contributed by atoms with Crippen molar-refractivity contribution in [3.8, 4) is 0 Å². The lowest BCUT2D eigenvalue weighted by Crippen LogP contribution is -2.26. The van der Waals surface area contributed by atoms with Gasteiger partial charge in [-0.25, -0.2) is 8.78 Å². The number of carbonyl (C=O) groups is 1. The van der Waals surface area contributed by atoms with Gasteiger partial charge >= 0.3 is 0 Å². The van der Waals surface area contributed by atoms with E-state index in [1.165, 1.54) is 18.2 Å². The van der Waals surface area contributed by atoms with Gasteiger partial charge in [0.1, 0.15) is 16.3 Å². The van der Waals surface area contributed by atoms with Gasteiger partial charge in [-0.2, -0.15) is 0 Å². The minimum Gasteiger partial charge on any atom is -0.352 e. The fraction of sp³-hybridized carbons (Fsp3) is 0.143. The number of H-pyrrole nitrogens is 1. The van der Waals surface area contributed by atoms with Gasteiger partial charge in [0.15, 0.2) is 0 Å². The van der Waals surface area contributed by atoms with Crippen LogP contribution in [-0.2, 0) is 6.42 Å². The Hall–Kier alpha value is -2.08. The summed E-state index contributed by atoms with van der Waals surface area (Å²) in [5.41, 5.74) is 0.294. The van der Waals surface area contributed by atoms with Crippen molar-refractivity contribution < 1.29 is 13.6 Å². The van der Waals surface area contributed by atoms with E-state index >= 15 is 0 Å². The maximum atomic E-state index is 13.4. The van der Waals surface area contributed by atoms with E-state index in [9.17, 15) is 13.6 Å². The number of benzene rings is 1. The van der Waals surface area contributed by atoms with E-state index in [-0.39, 0.29) is 24.4 Å². The van der Waals surface area contributed by atoms with Crippen molar-refractivity contribution in [3.63, 3.8) is 0 Å². The molecule has 0 radical (unpaired) electrons. The van der Waals surface area contributed by atoms with E-state index in [1.807, 2.05) is 0 Å². The first kappa shape index (κ1) is 14.3. The van der Waals surface area contributed by atoms with Crippen molar-refractivity contribution in [2.75, 3.05) is 6.54 Å². The van der Waals surface area contributed by atoms with Crippen LogP contribution in [0.15, 0.2) is 36.5 Å². The molecule has 2 aromatic rings. The van der Waals surface area contributed by atoms with Crippen LogP contribution < -0.4 is 5.32 Å². The van der Waals surface area contributed by atoms with Gasteiger partial charge in [0.25, 0.3) is 5.91 Å². The highest BCUT2D eigenvalue weighted by Gasteiger charge is 2.10. The van der Waals surface area contributed by atoms with E-state index in [1.54, 1.807) is 18.3 Å². The SMILES string of the molecule is O=C(NCCc1c(F)cccc1F)c1ccc[nH]c1=S. The number of aromatic nitrogens is 1. The Bertz CT molecular complexity index is 665. The molecule has 3 nitrogen and oxygen atoms in total. The molecule has 1 heterocycles. The number of aromatic amines is 1. The van der Waals surface area contributed by atoms with E-state index in [0.717, 1.165) is 0 Å². The molecule has 2 rings (SSSR count). The summed E-state index contributed by atoms with van der Waals surface area (Å²) in [4.78, 5) is 14.6. The number of amides is 1. The largest absolute Gasteiger partial charge is 0.352 e. The van der Waals surface area contributed by atoms with Gasteiger partial charge in [-0.15, -0.1) is 0 Å². The van der Waals surface area contributed by atoms with E-state index in [4.69, 9.17) is 12.2 Å². The molecule has 0 atom stereocenters. The molecule has 6 heteroatoms. The molecule has 0 unspecified atom stereocenters. The number of hydrogen-bond donors (Lipinski definition) is 2. The summed E-state index contributed by atoms with van der Waals surface area (Å²) in [6.45, 7) is 0.125. The smallest absolute Gasteiger partial charge is 0.254 e. The minimum absolute atomic E-state index is 0.0361. The zero-order valence-corrected chi connectivity index (χ0v) is 11.3. The van der Waals surface area contributed by atoms with Crippen molar-refractivity contribution in [3.05, 3.63) is 63.9 Å². The second kappa shape index (κ2) is 6.38. The molecule has 1 amide bonds. The lowest BCUT2D eigenvalue weighted by atomic mass is 10.1. The fourth-order valence-corrected chi connectivity index (χ4v) is 2.00. The van der Waals surface area contributed by atoms with Crippen molar-refractivity contribution in [2.24, 2.45) is 0 Å². The second-order valence-corrected chi connectivity index (χ2v) is 4.53. The number of pyridine rings is 1. The molecule has 0 fully saturated rings. The number of nitrogens with one attached hydrogen (secondary N) is 2. The van der Waals surface area contributed by atoms with Crippen LogP contribution in [0.25, 0.3) is 0 Å². The first-order valence-corrected chi connectivity index (χ1v) is 6.39. The zero-order valence-electron chi connectivity index (χ0n) is 10.5. The van der Waals surface area contributed by atoms with Gasteiger partial charge < -0.3 is 10.3 Å². The van der Waals surface area contributed by atoms with Crippen LogP contribution >= 0.6 is 12.2 Å². The molecular formula is C14H12F2N2OS. The van der Waals surface area contributed by atoms with Crippen molar-refractivity contribution in [2.45, 2.75) is 6.42 Å². The molecule has 0 aliphatic carbocycles. The number of carbonyl (C=O) groups excluding carboxylic acids is 1. The van der Waals surface area contributed by atoms with E-state index in [2.05, 4.69) is 10.3 Å². The Balaban J connectivity index is 1.99. The monoisotopic (exact) mass is 294 g/mol. The predicted molar refractivity (Wildman–Crippen MR) is 74.0 cm³/mol. The highest BCUT2D eigenvalue weighted by Crippen LogP contribution is 2.12. The van der Waals surface area contributed by atoms with Crippen LogP contribution in [-0.4, -0.2) is 17.4 Å². The Kier molecular flexibility index (Phi) is 4.57. The van der Waals surface area contributed by atoms with Gasteiger partial charge in [-0.05, 0) is 30.7 Å². The summed E-state index contributed by atoms with van der Waals surface area (Å²) in [5.74, 6) is -1.60. The highest BCUT2D eigenvalue weighted by molar-refractivity contribution is 7.71. The summed E-state index contributed by atoms with van der Waals surface area (Å²) in [6.07, 6.45) is 1.70. The van der Waals surface area contributed by atoms with Crippen molar-refractivity contribution >= 4 is 18.1 Å². The summed E-state index contributed by atoms with van der Waals surface area (Å²) < 4.78 is 27.1. The summed E-state index contributed by atoms with van der Waals surface area (Å²) in [6, 6.07) is 6.91. The molecule has 0 spiro atoms. The molecule has 0 saturated carbocycles. The van der Waals surface area contributed by atoms with Crippen molar-refractivity contribution in [1.82, 2.24) is 10.3 Å². The van der Waals surface area contributed by atoms with Gasteiger partial charge in [-0.3, -0.25) is 4.79 Å². The lowest BCUT2D eigenvalue weighted by Gasteiger charge is -2.07. The normalized spacial score (nSPS) is 10.3. The average molecular weight is 294 g/mol. The first-order chi connectivity index (χ1) is 9.59. The summed E-state index contributed by atoms with van der Waals surface area (Å²) in [5, 5.41) is 2.58. The molecule has 1 aromatic heterocycles. The molecule has 0 saturated heterocycles. The van der Waals surface area contributed by atoms with Gasteiger partial charge in [0, 0.05) is 18.3 Å². The van der Waals surface area contributed by atoms with Gasteiger partial charge in [0.05, 0.1) is 5.56 Å². The number of halogens is 2. The Morgan fingerprint density at radius 1 is 1.20 bits per heavy atom. The molecule has 1 aromatic carbocycles. The fourth-order valence-electron chi connectivity index (χ4n) is 1.77. The first-order valence-electron chi connectivity index (χ1n) is 5.98. The second-order valence-electron chi connectivity index (χ2n) is 4.12. The third kappa shape index (κ3) is 3.27. The maximum Gasteiger partial charge on any atom is 0.254 e. The molecule has 0 aliphatic heterocycles. The molecular weight excluding hydrogens is 282 g/mol.